The molecule has 0 aliphatic heterocycles. The number of carbonyl (C=O) groups excluding carboxylic acids is 2. The highest BCUT2D eigenvalue weighted by Gasteiger charge is 2.21. The van der Waals surface area contributed by atoms with Gasteiger partial charge in [-0.2, -0.15) is 0 Å². The van der Waals surface area contributed by atoms with Gasteiger partial charge in [-0.05, 0) is 45.9 Å². The molecule has 0 spiro atoms. The Labute approximate surface area is 129 Å². The van der Waals surface area contributed by atoms with Crippen molar-refractivity contribution >= 4 is 35.0 Å². The lowest BCUT2D eigenvalue weighted by Gasteiger charge is -2.21. The molecule has 116 valence electrons. The first-order valence-electron chi connectivity index (χ1n) is 6.44. The molecule has 7 heteroatoms. The number of nitrogen functional groups attached to an aromatic ring is 1. The zero-order valence-corrected chi connectivity index (χ0v) is 13.2. The molecular formula is C14H20ClN3O3. The van der Waals surface area contributed by atoms with E-state index in [1.165, 1.54) is 6.07 Å². The maximum absolute atomic E-state index is 12.0. The fourth-order valence-electron chi connectivity index (χ4n) is 1.42. The van der Waals surface area contributed by atoms with Gasteiger partial charge >= 0.3 is 6.09 Å². The van der Waals surface area contributed by atoms with Gasteiger partial charge in [-0.25, -0.2) is 4.79 Å². The average Bonchev–Trinajstić information content (AvgIpc) is 2.29. The van der Waals surface area contributed by atoms with E-state index < -0.39 is 23.6 Å². The number of anilines is 2. The Morgan fingerprint density at radius 2 is 1.95 bits per heavy atom. The first-order chi connectivity index (χ1) is 9.58. The molecule has 0 heterocycles. The second-order valence-electron chi connectivity index (χ2n) is 5.60. The van der Waals surface area contributed by atoms with Crippen LogP contribution in [0.5, 0.6) is 0 Å². The van der Waals surface area contributed by atoms with Gasteiger partial charge in [-0.3, -0.25) is 4.79 Å². The molecule has 1 rings (SSSR count). The number of nitrogens with two attached hydrogens (primary N) is 1. The van der Waals surface area contributed by atoms with E-state index in [1.54, 1.807) is 39.8 Å². The predicted octanol–water partition coefficient (Wildman–Crippen LogP) is 2.77. The summed E-state index contributed by atoms with van der Waals surface area (Å²) in [6.07, 6.45) is -0.659. The molecule has 0 radical (unpaired) electrons. The summed E-state index contributed by atoms with van der Waals surface area (Å²) >= 11 is 5.96. The summed E-state index contributed by atoms with van der Waals surface area (Å²) in [5, 5.41) is 5.38. The van der Waals surface area contributed by atoms with E-state index in [-0.39, 0.29) is 0 Å². The van der Waals surface area contributed by atoms with Gasteiger partial charge in [-0.1, -0.05) is 11.6 Å². The summed E-state index contributed by atoms with van der Waals surface area (Å²) in [5.41, 5.74) is 5.87. The number of amides is 2. The van der Waals surface area contributed by atoms with Gasteiger partial charge < -0.3 is 21.1 Å². The SMILES string of the molecule is CC(NC(=O)OC(C)(C)C)C(=O)Nc1ccc(N)cc1Cl. The van der Waals surface area contributed by atoms with Gasteiger partial charge in [0.05, 0.1) is 10.7 Å². The minimum Gasteiger partial charge on any atom is -0.444 e. The summed E-state index contributed by atoms with van der Waals surface area (Å²) in [6.45, 7) is 6.77. The lowest BCUT2D eigenvalue weighted by molar-refractivity contribution is -0.117. The molecule has 0 aromatic heterocycles. The van der Waals surface area contributed by atoms with Crippen LogP contribution in [-0.4, -0.2) is 23.6 Å². The Kier molecular flexibility index (Phi) is 5.43. The molecule has 0 aliphatic carbocycles. The maximum atomic E-state index is 12.0. The number of nitrogens with one attached hydrogen (secondary N) is 2. The van der Waals surface area contributed by atoms with Crippen molar-refractivity contribution in [2.75, 3.05) is 11.1 Å². The number of carbonyl (C=O) groups is 2. The van der Waals surface area contributed by atoms with E-state index in [4.69, 9.17) is 22.1 Å². The lowest BCUT2D eigenvalue weighted by Crippen LogP contribution is -2.44. The molecule has 0 bridgehead atoms. The Morgan fingerprint density at radius 1 is 1.33 bits per heavy atom. The number of halogens is 1. The zero-order valence-electron chi connectivity index (χ0n) is 12.5. The van der Waals surface area contributed by atoms with Crippen molar-refractivity contribution in [2.45, 2.75) is 39.3 Å². The third-order valence-electron chi connectivity index (χ3n) is 2.38. The minimum absolute atomic E-state index is 0.327. The average molecular weight is 314 g/mol. The van der Waals surface area contributed by atoms with Gasteiger partial charge in [0.15, 0.2) is 0 Å². The fraction of sp³-hybridized carbons (Fsp3) is 0.429. The molecule has 0 aliphatic rings. The van der Waals surface area contributed by atoms with E-state index in [0.29, 0.717) is 16.4 Å². The predicted molar refractivity (Wildman–Crippen MR) is 83.3 cm³/mol. The smallest absolute Gasteiger partial charge is 0.408 e. The number of hydrogen-bond donors (Lipinski definition) is 3. The minimum atomic E-state index is -0.770. The topological polar surface area (TPSA) is 93.4 Å². The molecule has 2 amide bonds. The molecule has 6 nitrogen and oxygen atoms in total. The van der Waals surface area contributed by atoms with Crippen LogP contribution in [0.25, 0.3) is 0 Å². The van der Waals surface area contributed by atoms with Crippen LogP contribution in [0.1, 0.15) is 27.7 Å². The van der Waals surface area contributed by atoms with E-state index in [2.05, 4.69) is 10.6 Å². The normalized spacial score (nSPS) is 12.4. The Bertz CT molecular complexity index is 541. The monoisotopic (exact) mass is 313 g/mol. The second-order valence-corrected chi connectivity index (χ2v) is 6.00. The molecule has 1 aromatic rings. The standard InChI is InChI=1S/C14H20ClN3O3/c1-8(17-13(20)21-14(2,3)4)12(19)18-11-6-5-9(16)7-10(11)15/h5-8H,16H2,1-4H3,(H,17,20)(H,18,19). The number of rotatable bonds is 3. The fourth-order valence-corrected chi connectivity index (χ4v) is 1.66. The number of ether oxygens (including phenoxy) is 1. The van der Waals surface area contributed by atoms with Crippen LogP contribution >= 0.6 is 11.6 Å². The van der Waals surface area contributed by atoms with Crippen LogP contribution in [0.3, 0.4) is 0 Å². The number of hydrogen-bond acceptors (Lipinski definition) is 4. The van der Waals surface area contributed by atoms with Crippen molar-refractivity contribution in [1.29, 1.82) is 0 Å². The van der Waals surface area contributed by atoms with Crippen LogP contribution in [0, 0.1) is 0 Å². The van der Waals surface area contributed by atoms with Crippen LogP contribution in [-0.2, 0) is 9.53 Å². The van der Waals surface area contributed by atoms with Gasteiger partial charge in [0, 0.05) is 5.69 Å². The number of alkyl carbamates (subject to hydrolysis) is 1. The van der Waals surface area contributed by atoms with Crippen molar-refractivity contribution in [3.8, 4) is 0 Å². The van der Waals surface area contributed by atoms with Gasteiger partial charge in [0.2, 0.25) is 5.91 Å². The lowest BCUT2D eigenvalue weighted by atomic mass is 10.2. The summed E-state index contributed by atoms with van der Waals surface area (Å²) in [7, 11) is 0. The quantitative estimate of drug-likeness (QED) is 0.748. The molecular weight excluding hydrogens is 294 g/mol. The third kappa shape index (κ3) is 5.91. The van der Waals surface area contributed by atoms with Crippen molar-refractivity contribution in [3.05, 3.63) is 23.2 Å². The van der Waals surface area contributed by atoms with Crippen molar-refractivity contribution in [2.24, 2.45) is 0 Å². The maximum Gasteiger partial charge on any atom is 0.408 e. The van der Waals surface area contributed by atoms with Crippen molar-refractivity contribution in [3.63, 3.8) is 0 Å². The van der Waals surface area contributed by atoms with Crippen LogP contribution in [0.15, 0.2) is 18.2 Å². The molecule has 1 atom stereocenters. The zero-order chi connectivity index (χ0) is 16.2. The molecule has 1 aromatic carbocycles. The Balaban J connectivity index is 2.61. The van der Waals surface area contributed by atoms with E-state index in [9.17, 15) is 9.59 Å². The molecule has 21 heavy (non-hydrogen) atoms. The molecule has 0 saturated carbocycles. The summed E-state index contributed by atoms with van der Waals surface area (Å²) < 4.78 is 5.08. The Morgan fingerprint density at radius 3 is 2.48 bits per heavy atom. The summed E-state index contributed by atoms with van der Waals surface area (Å²) in [6, 6.07) is 3.97. The van der Waals surface area contributed by atoms with E-state index in [0.717, 1.165) is 0 Å². The molecule has 1 unspecified atom stereocenters. The van der Waals surface area contributed by atoms with E-state index >= 15 is 0 Å². The number of benzene rings is 1. The van der Waals surface area contributed by atoms with Crippen molar-refractivity contribution < 1.29 is 14.3 Å². The van der Waals surface area contributed by atoms with E-state index in [1.807, 2.05) is 0 Å². The molecule has 4 N–H and O–H groups in total. The highest BCUT2D eigenvalue weighted by molar-refractivity contribution is 6.34. The molecule has 0 saturated heterocycles. The summed E-state index contributed by atoms with van der Waals surface area (Å²) in [4.78, 5) is 23.6. The van der Waals surface area contributed by atoms with Crippen LogP contribution < -0.4 is 16.4 Å². The summed E-state index contributed by atoms with van der Waals surface area (Å²) in [5.74, 6) is -0.410. The van der Waals surface area contributed by atoms with Gasteiger partial charge in [0.1, 0.15) is 11.6 Å². The second kappa shape index (κ2) is 6.67. The first-order valence-corrected chi connectivity index (χ1v) is 6.81. The highest BCUT2D eigenvalue weighted by atomic mass is 35.5. The third-order valence-corrected chi connectivity index (χ3v) is 2.69. The van der Waals surface area contributed by atoms with Crippen LogP contribution in [0.4, 0.5) is 16.2 Å². The van der Waals surface area contributed by atoms with Crippen LogP contribution in [0.2, 0.25) is 5.02 Å². The Hall–Kier alpha value is -1.95. The largest absolute Gasteiger partial charge is 0.444 e. The van der Waals surface area contributed by atoms with Gasteiger partial charge in [0.25, 0.3) is 0 Å². The van der Waals surface area contributed by atoms with Gasteiger partial charge in [-0.15, -0.1) is 0 Å². The highest BCUT2D eigenvalue weighted by Crippen LogP contribution is 2.24. The van der Waals surface area contributed by atoms with Crippen molar-refractivity contribution in [1.82, 2.24) is 5.32 Å². The molecule has 0 fully saturated rings. The first kappa shape index (κ1) is 17.1.